The first-order chi connectivity index (χ1) is 10.2. The number of nitriles is 1. The summed E-state index contributed by atoms with van der Waals surface area (Å²) < 4.78 is 5.36. The normalized spacial score (nSPS) is 12.6. The van der Waals surface area contributed by atoms with Crippen LogP contribution < -0.4 is 4.90 Å². The summed E-state index contributed by atoms with van der Waals surface area (Å²) in [7, 11) is 1.73. The van der Waals surface area contributed by atoms with Gasteiger partial charge in [0.2, 0.25) is 0 Å². The van der Waals surface area contributed by atoms with Gasteiger partial charge in [0.25, 0.3) is 5.91 Å². The number of anilines is 1. The molecular weight excluding hydrogens is 264 g/mol. The summed E-state index contributed by atoms with van der Waals surface area (Å²) in [5.74, 6) is -0.0746. The lowest BCUT2D eigenvalue weighted by Crippen LogP contribution is -2.26. The predicted octanol–water partition coefficient (Wildman–Crippen LogP) is 2.87. The zero-order valence-electron chi connectivity index (χ0n) is 11.7. The van der Waals surface area contributed by atoms with E-state index < -0.39 is 0 Å². The second kappa shape index (κ2) is 5.39. The molecule has 104 valence electrons. The number of benzene rings is 2. The zero-order valence-corrected chi connectivity index (χ0v) is 11.7. The maximum Gasteiger partial charge on any atom is 0.258 e. The van der Waals surface area contributed by atoms with Crippen molar-refractivity contribution < 1.29 is 9.53 Å². The molecule has 21 heavy (non-hydrogen) atoms. The molecule has 0 saturated heterocycles. The number of rotatable bonds is 2. The summed E-state index contributed by atoms with van der Waals surface area (Å²) in [6.45, 7) is 1.19. The van der Waals surface area contributed by atoms with E-state index in [-0.39, 0.29) is 5.91 Å². The molecule has 0 aliphatic carbocycles. The minimum atomic E-state index is -0.0746. The fourth-order valence-electron chi connectivity index (χ4n) is 2.38. The number of hydrogen-bond donors (Lipinski definition) is 0. The summed E-state index contributed by atoms with van der Waals surface area (Å²) in [4.78, 5) is 14.1. The Hall–Kier alpha value is -2.64. The predicted molar refractivity (Wildman–Crippen MR) is 78.8 cm³/mol. The van der Waals surface area contributed by atoms with E-state index in [9.17, 15) is 4.79 Å². The minimum Gasteiger partial charge on any atom is -0.372 e. The Morgan fingerprint density at radius 1 is 1.14 bits per heavy atom. The Kier molecular flexibility index (Phi) is 3.43. The molecule has 4 heteroatoms. The highest BCUT2D eigenvalue weighted by molar-refractivity contribution is 6.05. The summed E-state index contributed by atoms with van der Waals surface area (Å²) in [6, 6.07) is 14.7. The van der Waals surface area contributed by atoms with Crippen LogP contribution in [0.2, 0.25) is 0 Å². The number of nitrogens with zero attached hydrogens (tertiary/aromatic N) is 2. The number of carbonyl (C=O) groups excluding carboxylic acids is 1. The van der Waals surface area contributed by atoms with E-state index >= 15 is 0 Å². The SMILES string of the molecule is CN(C(=O)c1ccc2c(c1)COC2)c1ccc(C#N)cc1. The summed E-state index contributed by atoms with van der Waals surface area (Å²) in [5.41, 5.74) is 4.21. The molecule has 1 aliphatic heterocycles. The number of carbonyl (C=O) groups is 1. The van der Waals surface area contributed by atoms with Gasteiger partial charge >= 0.3 is 0 Å². The summed E-state index contributed by atoms with van der Waals surface area (Å²) in [5, 5.41) is 8.80. The van der Waals surface area contributed by atoms with E-state index in [0.717, 1.165) is 16.8 Å². The first-order valence-corrected chi connectivity index (χ1v) is 6.67. The third-order valence-electron chi connectivity index (χ3n) is 3.66. The average molecular weight is 278 g/mol. The zero-order chi connectivity index (χ0) is 14.8. The Bertz CT molecular complexity index is 729. The monoisotopic (exact) mass is 278 g/mol. The second-order valence-corrected chi connectivity index (χ2v) is 5.00. The van der Waals surface area contributed by atoms with Gasteiger partial charge in [0.05, 0.1) is 24.8 Å². The molecule has 4 nitrogen and oxygen atoms in total. The molecular formula is C17H14N2O2. The molecule has 1 heterocycles. The molecule has 2 aromatic carbocycles. The van der Waals surface area contributed by atoms with Crippen molar-refractivity contribution in [3.63, 3.8) is 0 Å². The first-order valence-electron chi connectivity index (χ1n) is 6.67. The first kappa shape index (κ1) is 13.3. The fourth-order valence-corrected chi connectivity index (χ4v) is 2.38. The van der Waals surface area contributed by atoms with Crippen LogP contribution in [0.5, 0.6) is 0 Å². The van der Waals surface area contributed by atoms with Crippen LogP contribution in [0.15, 0.2) is 42.5 Å². The van der Waals surface area contributed by atoms with Crippen molar-refractivity contribution in [1.82, 2.24) is 0 Å². The molecule has 0 aromatic heterocycles. The van der Waals surface area contributed by atoms with E-state index in [4.69, 9.17) is 10.00 Å². The molecule has 0 bridgehead atoms. The molecule has 0 atom stereocenters. The van der Waals surface area contributed by atoms with Crippen LogP contribution >= 0.6 is 0 Å². The van der Waals surface area contributed by atoms with Gasteiger partial charge < -0.3 is 9.64 Å². The molecule has 0 fully saturated rings. The van der Waals surface area contributed by atoms with E-state index in [2.05, 4.69) is 6.07 Å². The van der Waals surface area contributed by atoms with Gasteiger partial charge in [-0.1, -0.05) is 6.07 Å². The molecule has 2 aromatic rings. The van der Waals surface area contributed by atoms with Crippen molar-refractivity contribution >= 4 is 11.6 Å². The van der Waals surface area contributed by atoms with Crippen LogP contribution in [0.3, 0.4) is 0 Å². The smallest absolute Gasteiger partial charge is 0.258 e. The third kappa shape index (κ3) is 2.51. The Morgan fingerprint density at radius 3 is 2.57 bits per heavy atom. The summed E-state index contributed by atoms with van der Waals surface area (Å²) in [6.07, 6.45) is 0. The van der Waals surface area contributed by atoms with Crippen molar-refractivity contribution in [3.05, 3.63) is 64.7 Å². The third-order valence-corrected chi connectivity index (χ3v) is 3.66. The number of amides is 1. The highest BCUT2D eigenvalue weighted by atomic mass is 16.5. The lowest BCUT2D eigenvalue weighted by Gasteiger charge is -2.17. The molecule has 3 rings (SSSR count). The highest BCUT2D eigenvalue weighted by Crippen LogP contribution is 2.23. The second-order valence-electron chi connectivity index (χ2n) is 5.00. The molecule has 0 N–H and O–H groups in total. The van der Waals surface area contributed by atoms with E-state index in [1.165, 1.54) is 0 Å². The Morgan fingerprint density at radius 2 is 1.86 bits per heavy atom. The molecule has 0 spiro atoms. The maximum atomic E-state index is 12.5. The van der Waals surface area contributed by atoms with E-state index in [1.807, 2.05) is 18.2 Å². The maximum absolute atomic E-state index is 12.5. The van der Waals surface area contributed by atoms with Gasteiger partial charge in [0.1, 0.15) is 0 Å². The number of fused-ring (bicyclic) bond motifs is 1. The quantitative estimate of drug-likeness (QED) is 0.848. The van der Waals surface area contributed by atoms with E-state index in [0.29, 0.717) is 24.3 Å². The molecule has 0 saturated carbocycles. The van der Waals surface area contributed by atoms with Gasteiger partial charge in [-0.2, -0.15) is 5.26 Å². The van der Waals surface area contributed by atoms with Crippen molar-refractivity contribution in [1.29, 1.82) is 5.26 Å². The van der Waals surface area contributed by atoms with Crippen LogP contribution in [0.25, 0.3) is 0 Å². The lowest BCUT2D eigenvalue weighted by molar-refractivity contribution is 0.0993. The van der Waals surface area contributed by atoms with Gasteiger partial charge in [0.15, 0.2) is 0 Å². The molecule has 1 aliphatic rings. The van der Waals surface area contributed by atoms with Crippen LogP contribution in [0.1, 0.15) is 27.0 Å². The van der Waals surface area contributed by atoms with Crippen molar-refractivity contribution in [2.24, 2.45) is 0 Å². The Labute approximate surface area is 123 Å². The fraction of sp³-hybridized carbons (Fsp3) is 0.176. The van der Waals surface area contributed by atoms with Gasteiger partial charge in [0, 0.05) is 18.3 Å². The topological polar surface area (TPSA) is 53.3 Å². The van der Waals surface area contributed by atoms with Crippen LogP contribution in [-0.4, -0.2) is 13.0 Å². The number of ether oxygens (including phenoxy) is 1. The average Bonchev–Trinajstić information content (AvgIpc) is 3.01. The molecule has 0 radical (unpaired) electrons. The van der Waals surface area contributed by atoms with Crippen LogP contribution in [0.4, 0.5) is 5.69 Å². The van der Waals surface area contributed by atoms with Crippen molar-refractivity contribution in [3.8, 4) is 6.07 Å². The van der Waals surface area contributed by atoms with Gasteiger partial charge in [-0.05, 0) is 47.5 Å². The lowest BCUT2D eigenvalue weighted by atomic mass is 10.1. The van der Waals surface area contributed by atoms with Crippen LogP contribution in [-0.2, 0) is 18.0 Å². The summed E-state index contributed by atoms with van der Waals surface area (Å²) >= 11 is 0. The number of hydrogen-bond acceptors (Lipinski definition) is 3. The molecule has 1 amide bonds. The van der Waals surface area contributed by atoms with E-state index in [1.54, 1.807) is 36.2 Å². The largest absolute Gasteiger partial charge is 0.372 e. The van der Waals surface area contributed by atoms with Gasteiger partial charge in [-0.25, -0.2) is 0 Å². The van der Waals surface area contributed by atoms with Gasteiger partial charge in [-0.3, -0.25) is 4.79 Å². The standard InChI is InChI=1S/C17H14N2O2/c1-19(16-6-2-12(9-18)3-7-16)17(20)13-4-5-14-10-21-11-15(14)8-13/h2-8H,10-11H2,1H3. The highest BCUT2D eigenvalue weighted by Gasteiger charge is 2.17. The van der Waals surface area contributed by atoms with Crippen molar-refractivity contribution in [2.75, 3.05) is 11.9 Å². The van der Waals surface area contributed by atoms with Crippen LogP contribution in [0, 0.1) is 11.3 Å². The van der Waals surface area contributed by atoms with Gasteiger partial charge in [-0.15, -0.1) is 0 Å². The molecule has 0 unspecified atom stereocenters. The Balaban J connectivity index is 1.85. The van der Waals surface area contributed by atoms with Crippen molar-refractivity contribution in [2.45, 2.75) is 13.2 Å². The minimum absolute atomic E-state index is 0.0746.